The summed E-state index contributed by atoms with van der Waals surface area (Å²) in [5, 5.41) is 2.63. The molecule has 2 aromatic rings. The maximum absolute atomic E-state index is 13.8. The van der Waals surface area contributed by atoms with Gasteiger partial charge in [0.05, 0.1) is 7.11 Å². The molecule has 2 aromatic carbocycles. The summed E-state index contributed by atoms with van der Waals surface area (Å²) >= 11 is 1.51. The van der Waals surface area contributed by atoms with Crippen molar-refractivity contribution in [2.45, 2.75) is 18.3 Å². The Morgan fingerprint density at radius 1 is 1.27 bits per heavy atom. The molecule has 1 fully saturated rings. The molecule has 0 saturated carbocycles. The topological polar surface area (TPSA) is 116 Å². The Labute approximate surface area is 193 Å². The largest absolute Gasteiger partial charge is 0.497 e. The lowest BCUT2D eigenvalue weighted by atomic mass is 10.1. The minimum Gasteiger partial charge on any atom is -0.497 e. The lowest BCUT2D eigenvalue weighted by Gasteiger charge is -2.25. The fourth-order valence-electron chi connectivity index (χ4n) is 3.26. The molecule has 0 radical (unpaired) electrons. The van der Waals surface area contributed by atoms with Crippen LogP contribution in [0.15, 0.2) is 48.5 Å². The van der Waals surface area contributed by atoms with Crippen LogP contribution >= 0.6 is 19.4 Å². The fraction of sp³-hybridized carbons (Fsp3) is 0.333. The van der Waals surface area contributed by atoms with Crippen LogP contribution in [-0.2, 0) is 21.6 Å². The quantitative estimate of drug-likeness (QED) is 0.501. The molecule has 3 N–H and O–H groups in total. The molecule has 0 spiro atoms. The lowest BCUT2D eigenvalue weighted by Crippen LogP contribution is -2.48. The number of alkyl halides is 2. The number of thioether (sulfide) groups is 1. The van der Waals surface area contributed by atoms with Crippen LogP contribution in [0.3, 0.4) is 0 Å². The number of hydrogen-bond acceptors (Lipinski definition) is 5. The molecule has 8 nitrogen and oxygen atoms in total. The first-order chi connectivity index (χ1) is 15.5. The van der Waals surface area contributed by atoms with E-state index in [2.05, 4.69) is 5.32 Å². The molecule has 0 aromatic heterocycles. The second-order valence-corrected chi connectivity index (χ2v) is 10.2. The highest BCUT2D eigenvalue weighted by Crippen LogP contribution is 2.59. The smallest absolute Gasteiger partial charge is 0.399 e. The zero-order valence-corrected chi connectivity index (χ0v) is 19.3. The van der Waals surface area contributed by atoms with Gasteiger partial charge in [0, 0.05) is 35.7 Å². The van der Waals surface area contributed by atoms with Crippen LogP contribution in [-0.4, -0.2) is 57.7 Å². The number of nitrogens with one attached hydrogen (secondary N) is 1. The Kier molecular flexibility index (Phi) is 7.79. The van der Waals surface area contributed by atoms with E-state index in [9.17, 15) is 22.9 Å². The standard InChI is InChI=1S/C21H23F2N2O6PS/c1-31-17-4-2-3-14(11-17)12-25-9-10-33-13-18(20(25)27)24-19(26)15-5-7-16(8-6-15)21(22,23)32(28,29)30/h2-8,11,18H,9-10,12-13H2,1H3,(H,24,26)(H2,28,29,30)/t18-/m0/s1. The summed E-state index contributed by atoms with van der Waals surface area (Å²) in [5.41, 5.74) is -4.41. The molecular formula is C21H23F2N2O6PS. The Morgan fingerprint density at radius 2 is 1.97 bits per heavy atom. The number of benzene rings is 2. The number of methoxy groups -OCH3 is 1. The highest BCUT2D eigenvalue weighted by atomic mass is 32.2. The first-order valence-corrected chi connectivity index (χ1v) is 12.6. The number of rotatable bonds is 7. The summed E-state index contributed by atoms with van der Waals surface area (Å²) in [6.07, 6.45) is 0. The van der Waals surface area contributed by atoms with Crippen molar-refractivity contribution < 1.29 is 37.5 Å². The van der Waals surface area contributed by atoms with E-state index in [4.69, 9.17) is 14.5 Å². The predicted molar refractivity (Wildman–Crippen MR) is 119 cm³/mol. The van der Waals surface area contributed by atoms with Crippen molar-refractivity contribution in [2.75, 3.05) is 25.2 Å². The second-order valence-electron chi connectivity index (χ2n) is 7.37. The van der Waals surface area contributed by atoms with Crippen LogP contribution < -0.4 is 10.1 Å². The molecule has 33 heavy (non-hydrogen) atoms. The third kappa shape index (κ3) is 5.92. The van der Waals surface area contributed by atoms with Gasteiger partial charge < -0.3 is 24.7 Å². The van der Waals surface area contributed by atoms with Crippen molar-refractivity contribution in [3.63, 3.8) is 0 Å². The molecule has 1 saturated heterocycles. The molecule has 1 aliphatic heterocycles. The van der Waals surface area contributed by atoms with Gasteiger partial charge in [-0.2, -0.15) is 20.5 Å². The van der Waals surface area contributed by atoms with Crippen molar-refractivity contribution in [3.05, 3.63) is 65.2 Å². The van der Waals surface area contributed by atoms with Crippen LogP contribution in [0.1, 0.15) is 21.5 Å². The molecule has 3 rings (SSSR count). The van der Waals surface area contributed by atoms with Crippen LogP contribution in [0, 0.1) is 0 Å². The van der Waals surface area contributed by atoms with E-state index in [1.165, 1.54) is 11.8 Å². The molecule has 2 amide bonds. The van der Waals surface area contributed by atoms with E-state index < -0.39 is 30.8 Å². The highest BCUT2D eigenvalue weighted by molar-refractivity contribution is 7.99. The summed E-state index contributed by atoms with van der Waals surface area (Å²) in [6, 6.07) is 10.2. The fourth-order valence-corrected chi connectivity index (χ4v) is 4.72. The number of hydrogen-bond donors (Lipinski definition) is 3. The van der Waals surface area contributed by atoms with E-state index in [0.29, 0.717) is 30.3 Å². The predicted octanol–water partition coefficient (Wildman–Crippen LogP) is 2.80. The summed E-state index contributed by atoms with van der Waals surface area (Å²) in [4.78, 5) is 45.0. The van der Waals surface area contributed by atoms with Crippen LogP contribution in [0.25, 0.3) is 0 Å². The molecule has 178 valence electrons. The van der Waals surface area contributed by atoms with Crippen LogP contribution in [0.4, 0.5) is 8.78 Å². The molecule has 0 bridgehead atoms. The van der Waals surface area contributed by atoms with Crippen LogP contribution in [0.2, 0.25) is 0 Å². The molecule has 0 unspecified atom stereocenters. The van der Waals surface area contributed by atoms with E-state index >= 15 is 0 Å². The van der Waals surface area contributed by atoms with Gasteiger partial charge in [0.2, 0.25) is 5.91 Å². The third-order valence-electron chi connectivity index (χ3n) is 5.07. The number of amides is 2. The minimum atomic E-state index is -5.71. The Balaban J connectivity index is 1.70. The van der Waals surface area contributed by atoms with Gasteiger partial charge in [-0.1, -0.05) is 24.3 Å². The lowest BCUT2D eigenvalue weighted by molar-refractivity contribution is -0.132. The van der Waals surface area contributed by atoms with E-state index in [-0.39, 0.29) is 11.5 Å². The van der Waals surface area contributed by atoms with Crippen molar-refractivity contribution in [3.8, 4) is 5.75 Å². The number of carbonyl (C=O) groups excluding carboxylic acids is 2. The maximum Gasteiger partial charge on any atom is 0.399 e. The summed E-state index contributed by atoms with van der Waals surface area (Å²) in [6.45, 7) is 0.842. The Morgan fingerprint density at radius 3 is 2.61 bits per heavy atom. The van der Waals surface area contributed by atoms with Crippen molar-refractivity contribution in [1.82, 2.24) is 10.2 Å². The number of ether oxygens (including phenoxy) is 1. The Bertz CT molecular complexity index is 1060. The summed E-state index contributed by atoms with van der Waals surface area (Å²) < 4.78 is 43.8. The molecule has 12 heteroatoms. The number of carbonyl (C=O) groups is 2. The van der Waals surface area contributed by atoms with E-state index in [0.717, 1.165) is 29.8 Å². The minimum absolute atomic E-state index is 0.0124. The van der Waals surface area contributed by atoms with Crippen molar-refractivity contribution in [2.24, 2.45) is 0 Å². The average Bonchev–Trinajstić information content (AvgIpc) is 2.95. The van der Waals surface area contributed by atoms with Gasteiger partial charge >= 0.3 is 13.3 Å². The SMILES string of the molecule is COc1cccc(CN2CCSC[C@H](NC(=O)c3ccc(C(F)(F)P(=O)(O)O)cc3)C2=O)c1. The normalized spacial score (nSPS) is 17.4. The van der Waals surface area contributed by atoms with Crippen LogP contribution in [0.5, 0.6) is 5.75 Å². The number of nitrogens with zero attached hydrogens (tertiary/aromatic N) is 1. The van der Waals surface area contributed by atoms with Gasteiger partial charge in [0.25, 0.3) is 5.91 Å². The van der Waals surface area contributed by atoms with Gasteiger partial charge in [-0.05, 0) is 29.8 Å². The molecule has 1 aliphatic rings. The van der Waals surface area contributed by atoms with Gasteiger partial charge in [-0.15, -0.1) is 0 Å². The second kappa shape index (κ2) is 10.2. The average molecular weight is 500 g/mol. The third-order valence-corrected chi connectivity index (χ3v) is 7.10. The molecule has 1 heterocycles. The maximum atomic E-state index is 13.8. The monoisotopic (exact) mass is 500 g/mol. The first-order valence-electron chi connectivity index (χ1n) is 9.87. The van der Waals surface area contributed by atoms with E-state index in [1.54, 1.807) is 18.1 Å². The van der Waals surface area contributed by atoms with Gasteiger partial charge in [-0.25, -0.2) is 0 Å². The molecular weight excluding hydrogens is 477 g/mol. The Hall–Kier alpha value is -2.46. The van der Waals surface area contributed by atoms with Gasteiger partial charge in [0.1, 0.15) is 11.8 Å². The summed E-state index contributed by atoms with van der Waals surface area (Å²) in [5.74, 6) is 0.799. The van der Waals surface area contributed by atoms with E-state index in [1.807, 2.05) is 18.2 Å². The number of halogens is 2. The first kappa shape index (κ1) is 25.2. The van der Waals surface area contributed by atoms with Gasteiger partial charge in [-0.3, -0.25) is 14.2 Å². The van der Waals surface area contributed by atoms with Gasteiger partial charge in [0.15, 0.2) is 0 Å². The molecule has 0 aliphatic carbocycles. The summed E-state index contributed by atoms with van der Waals surface area (Å²) in [7, 11) is -4.15. The van der Waals surface area contributed by atoms with Crippen molar-refractivity contribution >= 4 is 31.2 Å². The highest BCUT2D eigenvalue weighted by Gasteiger charge is 2.50. The van der Waals surface area contributed by atoms with Crippen molar-refractivity contribution in [1.29, 1.82) is 0 Å². The zero-order valence-electron chi connectivity index (χ0n) is 17.6. The zero-order chi connectivity index (χ0) is 24.2. The molecule has 1 atom stereocenters.